The van der Waals surface area contributed by atoms with E-state index in [4.69, 9.17) is 9.47 Å². The Hall–Kier alpha value is -4.05. The molecule has 0 saturated heterocycles. The fourth-order valence-corrected chi connectivity index (χ4v) is 5.05. The summed E-state index contributed by atoms with van der Waals surface area (Å²) in [5.74, 6) is 0.439. The minimum Gasteiger partial charge on any atom is -0.497 e. The quantitative estimate of drug-likeness (QED) is 0.316. The van der Waals surface area contributed by atoms with Crippen molar-refractivity contribution in [2.75, 3.05) is 30.8 Å². The van der Waals surface area contributed by atoms with Crippen molar-refractivity contribution in [3.63, 3.8) is 0 Å². The van der Waals surface area contributed by atoms with E-state index in [1.165, 1.54) is 4.90 Å². The van der Waals surface area contributed by atoms with Crippen molar-refractivity contribution in [1.29, 1.82) is 0 Å². The average molecular weight is 568 g/mol. The van der Waals surface area contributed by atoms with Gasteiger partial charge in [-0.1, -0.05) is 49.4 Å². The maximum atomic E-state index is 13.7. The van der Waals surface area contributed by atoms with Gasteiger partial charge in [0.1, 0.15) is 30.7 Å². The number of methoxy groups -OCH3 is 1. The first-order valence-electron chi connectivity index (χ1n) is 13.1. The predicted molar refractivity (Wildman–Crippen MR) is 156 cm³/mol. The van der Waals surface area contributed by atoms with E-state index in [9.17, 15) is 18.0 Å². The summed E-state index contributed by atoms with van der Waals surface area (Å²) < 4.78 is 37.7. The summed E-state index contributed by atoms with van der Waals surface area (Å²) in [6, 6.07) is 22.6. The van der Waals surface area contributed by atoms with Crippen molar-refractivity contribution in [2.24, 2.45) is 0 Å². The standard InChI is InChI=1S/C30H37N3O6S/c1-5-28(30(35)31-6-2)32(20-23-12-16-26(38-3)17-13-23)29(34)21-33(40(4,36)37)25-14-18-27(19-15-25)39-22-24-10-8-7-9-11-24/h7-19,28H,5-6,20-22H2,1-4H3,(H,31,35)/t28-/m1/s1. The molecule has 40 heavy (non-hydrogen) atoms. The van der Waals surface area contributed by atoms with Crippen molar-refractivity contribution in [3.05, 3.63) is 90.0 Å². The summed E-state index contributed by atoms with van der Waals surface area (Å²) in [6.07, 6.45) is 1.41. The van der Waals surface area contributed by atoms with Gasteiger partial charge in [-0.05, 0) is 60.9 Å². The third-order valence-electron chi connectivity index (χ3n) is 6.30. The number of amides is 2. The number of rotatable bonds is 14. The average Bonchev–Trinajstić information content (AvgIpc) is 2.95. The van der Waals surface area contributed by atoms with Gasteiger partial charge in [-0.2, -0.15) is 0 Å². The third kappa shape index (κ3) is 8.47. The lowest BCUT2D eigenvalue weighted by Gasteiger charge is -2.32. The Labute approximate surface area is 236 Å². The number of nitrogens with one attached hydrogen (secondary N) is 1. The second kappa shape index (κ2) is 14.4. The summed E-state index contributed by atoms with van der Waals surface area (Å²) in [5.41, 5.74) is 2.10. The highest BCUT2D eigenvalue weighted by Crippen LogP contribution is 2.24. The number of anilines is 1. The first-order chi connectivity index (χ1) is 19.2. The fraction of sp³-hybridized carbons (Fsp3) is 0.333. The van der Waals surface area contributed by atoms with Gasteiger partial charge in [0.2, 0.25) is 21.8 Å². The molecule has 0 heterocycles. The van der Waals surface area contributed by atoms with Gasteiger partial charge in [0.25, 0.3) is 0 Å². The Morgan fingerprint density at radius 2 is 1.50 bits per heavy atom. The molecule has 0 fully saturated rings. The van der Waals surface area contributed by atoms with E-state index in [0.29, 0.717) is 36.8 Å². The van der Waals surface area contributed by atoms with Crippen molar-refractivity contribution in [2.45, 2.75) is 39.5 Å². The van der Waals surface area contributed by atoms with E-state index >= 15 is 0 Å². The fourth-order valence-electron chi connectivity index (χ4n) is 4.20. The molecule has 0 aliphatic rings. The zero-order chi connectivity index (χ0) is 29.1. The maximum absolute atomic E-state index is 13.7. The van der Waals surface area contributed by atoms with Crippen LogP contribution in [0.25, 0.3) is 0 Å². The van der Waals surface area contributed by atoms with Crippen LogP contribution in [0.15, 0.2) is 78.9 Å². The van der Waals surface area contributed by atoms with Crippen LogP contribution < -0.4 is 19.1 Å². The summed E-state index contributed by atoms with van der Waals surface area (Å²) in [4.78, 5) is 28.1. The Kier molecular flexibility index (Phi) is 11.0. The molecule has 3 aromatic rings. The van der Waals surface area contributed by atoms with Gasteiger partial charge in [-0.3, -0.25) is 13.9 Å². The minimum atomic E-state index is -3.83. The molecule has 3 rings (SSSR count). The normalized spacial score (nSPS) is 11.8. The number of sulfonamides is 1. The molecule has 9 nitrogen and oxygen atoms in total. The monoisotopic (exact) mass is 567 g/mol. The number of hydrogen-bond acceptors (Lipinski definition) is 6. The molecule has 0 aliphatic heterocycles. The van der Waals surface area contributed by atoms with Crippen LogP contribution in [0.4, 0.5) is 5.69 Å². The van der Waals surface area contributed by atoms with Crippen molar-refractivity contribution in [3.8, 4) is 11.5 Å². The lowest BCUT2D eigenvalue weighted by atomic mass is 10.1. The highest BCUT2D eigenvalue weighted by molar-refractivity contribution is 7.92. The summed E-state index contributed by atoms with van der Waals surface area (Å²) in [7, 11) is -2.27. The molecule has 0 bridgehead atoms. The van der Waals surface area contributed by atoms with E-state index in [0.717, 1.165) is 21.7 Å². The van der Waals surface area contributed by atoms with E-state index in [2.05, 4.69) is 5.32 Å². The van der Waals surface area contributed by atoms with E-state index in [-0.39, 0.29) is 12.5 Å². The van der Waals surface area contributed by atoms with Crippen LogP contribution in [0.2, 0.25) is 0 Å². The lowest BCUT2D eigenvalue weighted by Crippen LogP contribution is -2.52. The smallest absolute Gasteiger partial charge is 0.244 e. The lowest BCUT2D eigenvalue weighted by molar-refractivity contribution is -0.140. The first kappa shape index (κ1) is 30.5. The zero-order valence-electron chi connectivity index (χ0n) is 23.4. The van der Waals surface area contributed by atoms with Crippen LogP contribution in [0.3, 0.4) is 0 Å². The Morgan fingerprint density at radius 3 is 2.05 bits per heavy atom. The summed E-state index contributed by atoms with van der Waals surface area (Å²) in [5, 5.41) is 2.78. The molecule has 1 N–H and O–H groups in total. The largest absolute Gasteiger partial charge is 0.497 e. The highest BCUT2D eigenvalue weighted by Gasteiger charge is 2.31. The number of benzene rings is 3. The van der Waals surface area contributed by atoms with Crippen molar-refractivity contribution < 1.29 is 27.5 Å². The first-order valence-corrected chi connectivity index (χ1v) is 15.0. The maximum Gasteiger partial charge on any atom is 0.244 e. The molecular weight excluding hydrogens is 530 g/mol. The molecule has 0 unspecified atom stereocenters. The number of likely N-dealkylation sites (N-methyl/N-ethyl adjacent to an activating group) is 1. The second-order valence-corrected chi connectivity index (χ2v) is 11.1. The molecular formula is C30H37N3O6S. The molecule has 0 radical (unpaired) electrons. The second-order valence-electron chi connectivity index (χ2n) is 9.23. The van der Waals surface area contributed by atoms with Gasteiger partial charge in [0, 0.05) is 13.1 Å². The van der Waals surface area contributed by atoms with E-state index in [1.54, 1.807) is 50.4 Å². The predicted octanol–water partition coefficient (Wildman–Crippen LogP) is 3.98. The van der Waals surface area contributed by atoms with Gasteiger partial charge >= 0.3 is 0 Å². The van der Waals surface area contributed by atoms with Gasteiger partial charge in [-0.25, -0.2) is 8.42 Å². The molecule has 0 aliphatic carbocycles. The molecule has 10 heteroatoms. The van der Waals surface area contributed by atoms with Gasteiger partial charge in [0.15, 0.2) is 0 Å². The molecule has 2 amide bonds. The Morgan fingerprint density at radius 1 is 0.875 bits per heavy atom. The molecule has 0 spiro atoms. The molecule has 214 valence electrons. The van der Waals surface area contributed by atoms with Crippen molar-refractivity contribution >= 4 is 27.5 Å². The number of nitrogens with zero attached hydrogens (tertiary/aromatic N) is 2. The van der Waals surface area contributed by atoms with Crippen LogP contribution in [-0.4, -0.2) is 57.6 Å². The van der Waals surface area contributed by atoms with E-state index in [1.807, 2.05) is 49.4 Å². The molecule has 0 saturated carbocycles. The number of ether oxygens (including phenoxy) is 2. The SMILES string of the molecule is CCNC(=O)[C@@H](CC)N(Cc1ccc(OC)cc1)C(=O)CN(c1ccc(OCc2ccccc2)cc1)S(C)(=O)=O. The Balaban J connectivity index is 1.84. The van der Waals surface area contributed by atoms with Crippen LogP contribution in [-0.2, 0) is 32.8 Å². The van der Waals surface area contributed by atoms with Crippen LogP contribution in [0.5, 0.6) is 11.5 Å². The molecule has 0 aromatic heterocycles. The van der Waals surface area contributed by atoms with Gasteiger partial charge < -0.3 is 19.7 Å². The molecule has 1 atom stereocenters. The molecule has 3 aromatic carbocycles. The van der Waals surface area contributed by atoms with Gasteiger partial charge in [-0.15, -0.1) is 0 Å². The summed E-state index contributed by atoms with van der Waals surface area (Å²) in [6.45, 7) is 4.06. The van der Waals surface area contributed by atoms with Crippen LogP contribution in [0, 0.1) is 0 Å². The van der Waals surface area contributed by atoms with Crippen LogP contribution in [0.1, 0.15) is 31.4 Å². The van der Waals surface area contributed by atoms with E-state index < -0.39 is 28.5 Å². The van der Waals surface area contributed by atoms with Gasteiger partial charge in [0.05, 0.1) is 19.1 Å². The summed E-state index contributed by atoms with van der Waals surface area (Å²) >= 11 is 0. The number of carbonyl (C=O) groups excluding carboxylic acids is 2. The topological polar surface area (TPSA) is 105 Å². The Bertz CT molecular complexity index is 1350. The minimum absolute atomic E-state index is 0.127. The number of carbonyl (C=O) groups is 2. The third-order valence-corrected chi connectivity index (χ3v) is 7.44. The van der Waals surface area contributed by atoms with Crippen molar-refractivity contribution in [1.82, 2.24) is 10.2 Å². The highest BCUT2D eigenvalue weighted by atomic mass is 32.2. The number of hydrogen-bond donors (Lipinski definition) is 1. The zero-order valence-corrected chi connectivity index (χ0v) is 24.2. The van der Waals surface area contributed by atoms with Crippen LogP contribution >= 0.6 is 0 Å².